The lowest BCUT2D eigenvalue weighted by atomic mass is 9.87. The van der Waals surface area contributed by atoms with E-state index in [-0.39, 0.29) is 0 Å². The Balaban J connectivity index is 2.39. The fraction of sp³-hybridized carbons (Fsp3) is 1.00. The number of thioether (sulfide) groups is 1. The molecule has 1 rings (SSSR count). The van der Waals surface area contributed by atoms with E-state index in [2.05, 4.69) is 30.9 Å². The summed E-state index contributed by atoms with van der Waals surface area (Å²) in [7, 11) is 1.79. The summed E-state index contributed by atoms with van der Waals surface area (Å²) < 4.78 is 5.17. The summed E-state index contributed by atoms with van der Waals surface area (Å²) in [6.45, 7) is 6.54. The van der Waals surface area contributed by atoms with Gasteiger partial charge in [-0.3, -0.25) is 0 Å². The standard InChI is InChI=1S/C12H25NOS/c1-4-13-12(10(2)5-7-14-3)11-6-8-15-9-11/h10-13H,4-9H2,1-3H3. The van der Waals surface area contributed by atoms with E-state index >= 15 is 0 Å². The molecule has 1 saturated heterocycles. The van der Waals surface area contributed by atoms with Crippen LogP contribution in [0.5, 0.6) is 0 Å². The first kappa shape index (κ1) is 13.3. The minimum Gasteiger partial charge on any atom is -0.385 e. The fourth-order valence-corrected chi connectivity index (χ4v) is 3.70. The van der Waals surface area contributed by atoms with Crippen LogP contribution in [0.4, 0.5) is 0 Å². The minimum absolute atomic E-state index is 0.695. The first-order chi connectivity index (χ1) is 7.29. The van der Waals surface area contributed by atoms with Crippen molar-refractivity contribution >= 4 is 11.8 Å². The zero-order valence-corrected chi connectivity index (χ0v) is 11.1. The molecule has 0 saturated carbocycles. The quantitative estimate of drug-likeness (QED) is 0.727. The highest BCUT2D eigenvalue weighted by molar-refractivity contribution is 7.99. The summed E-state index contributed by atoms with van der Waals surface area (Å²) in [5, 5.41) is 3.66. The van der Waals surface area contributed by atoms with Crippen molar-refractivity contribution in [1.29, 1.82) is 0 Å². The second kappa shape index (κ2) is 7.53. The van der Waals surface area contributed by atoms with E-state index < -0.39 is 0 Å². The normalized spacial score (nSPS) is 25.4. The van der Waals surface area contributed by atoms with Crippen LogP contribution in [-0.2, 0) is 4.74 Å². The van der Waals surface area contributed by atoms with Crippen LogP contribution in [0, 0.1) is 11.8 Å². The largest absolute Gasteiger partial charge is 0.385 e. The van der Waals surface area contributed by atoms with Crippen molar-refractivity contribution in [3.63, 3.8) is 0 Å². The van der Waals surface area contributed by atoms with Gasteiger partial charge < -0.3 is 10.1 Å². The second-order valence-corrected chi connectivity index (χ2v) is 5.62. The van der Waals surface area contributed by atoms with Crippen LogP contribution in [-0.4, -0.2) is 37.8 Å². The maximum Gasteiger partial charge on any atom is 0.0465 e. The Kier molecular flexibility index (Phi) is 6.69. The molecule has 3 heteroatoms. The Morgan fingerprint density at radius 2 is 2.33 bits per heavy atom. The van der Waals surface area contributed by atoms with Gasteiger partial charge in [-0.1, -0.05) is 13.8 Å². The SMILES string of the molecule is CCNC(C(C)CCOC)C1CCSC1. The molecule has 90 valence electrons. The lowest BCUT2D eigenvalue weighted by molar-refractivity contribution is 0.161. The number of rotatable bonds is 7. The molecule has 1 aliphatic rings. The van der Waals surface area contributed by atoms with Crippen LogP contribution >= 0.6 is 11.8 Å². The Morgan fingerprint density at radius 1 is 1.53 bits per heavy atom. The first-order valence-electron chi connectivity index (χ1n) is 6.09. The third kappa shape index (κ3) is 4.33. The van der Waals surface area contributed by atoms with Crippen LogP contribution in [0.15, 0.2) is 0 Å². The molecule has 0 aliphatic carbocycles. The van der Waals surface area contributed by atoms with Crippen molar-refractivity contribution in [3.05, 3.63) is 0 Å². The second-order valence-electron chi connectivity index (χ2n) is 4.47. The number of methoxy groups -OCH3 is 1. The Labute approximate surface area is 98.5 Å². The number of hydrogen-bond acceptors (Lipinski definition) is 3. The van der Waals surface area contributed by atoms with Gasteiger partial charge in [0, 0.05) is 19.8 Å². The van der Waals surface area contributed by atoms with Gasteiger partial charge in [-0.2, -0.15) is 11.8 Å². The first-order valence-corrected chi connectivity index (χ1v) is 7.25. The highest BCUT2D eigenvalue weighted by atomic mass is 32.2. The average molecular weight is 231 g/mol. The van der Waals surface area contributed by atoms with E-state index in [9.17, 15) is 0 Å². The summed E-state index contributed by atoms with van der Waals surface area (Å²) in [4.78, 5) is 0. The zero-order valence-electron chi connectivity index (χ0n) is 10.3. The number of ether oxygens (including phenoxy) is 1. The van der Waals surface area contributed by atoms with Gasteiger partial charge in [-0.05, 0) is 42.7 Å². The molecular weight excluding hydrogens is 206 g/mol. The van der Waals surface area contributed by atoms with Crippen molar-refractivity contribution < 1.29 is 4.74 Å². The molecule has 3 atom stereocenters. The zero-order chi connectivity index (χ0) is 11.1. The molecule has 1 aliphatic heterocycles. The molecule has 0 amide bonds. The van der Waals surface area contributed by atoms with Crippen molar-refractivity contribution in [2.45, 2.75) is 32.7 Å². The molecule has 0 spiro atoms. The highest BCUT2D eigenvalue weighted by Gasteiger charge is 2.28. The Bertz CT molecular complexity index is 160. The maximum absolute atomic E-state index is 5.17. The predicted octanol–water partition coefficient (Wildman–Crippen LogP) is 2.39. The molecule has 1 fully saturated rings. The monoisotopic (exact) mass is 231 g/mol. The van der Waals surface area contributed by atoms with Gasteiger partial charge in [-0.25, -0.2) is 0 Å². The van der Waals surface area contributed by atoms with Crippen molar-refractivity contribution in [2.24, 2.45) is 11.8 Å². The molecule has 2 nitrogen and oxygen atoms in total. The summed E-state index contributed by atoms with van der Waals surface area (Å²) in [6, 6.07) is 0.695. The molecule has 1 N–H and O–H groups in total. The smallest absolute Gasteiger partial charge is 0.0465 e. The van der Waals surface area contributed by atoms with Gasteiger partial charge in [0.25, 0.3) is 0 Å². The molecule has 0 bridgehead atoms. The van der Waals surface area contributed by atoms with Crippen molar-refractivity contribution in [2.75, 3.05) is 31.8 Å². The third-order valence-electron chi connectivity index (χ3n) is 3.30. The van der Waals surface area contributed by atoms with Crippen LogP contribution in [0.2, 0.25) is 0 Å². The van der Waals surface area contributed by atoms with E-state index in [1.54, 1.807) is 7.11 Å². The molecule has 1 heterocycles. The lowest BCUT2D eigenvalue weighted by Gasteiger charge is -2.29. The van der Waals surface area contributed by atoms with E-state index in [1.807, 2.05) is 0 Å². The van der Waals surface area contributed by atoms with E-state index in [0.29, 0.717) is 6.04 Å². The minimum atomic E-state index is 0.695. The topological polar surface area (TPSA) is 21.3 Å². The van der Waals surface area contributed by atoms with Gasteiger partial charge in [0.05, 0.1) is 0 Å². The lowest BCUT2D eigenvalue weighted by Crippen LogP contribution is -2.41. The molecule has 0 aromatic rings. The molecule has 3 unspecified atom stereocenters. The van der Waals surface area contributed by atoms with Gasteiger partial charge in [0.15, 0.2) is 0 Å². The van der Waals surface area contributed by atoms with Crippen LogP contribution < -0.4 is 5.32 Å². The molecule has 0 radical (unpaired) electrons. The predicted molar refractivity (Wildman–Crippen MR) is 68.6 cm³/mol. The maximum atomic E-state index is 5.17. The summed E-state index contributed by atoms with van der Waals surface area (Å²) in [5.74, 6) is 4.30. The number of nitrogens with one attached hydrogen (secondary N) is 1. The molecule has 0 aromatic carbocycles. The van der Waals surface area contributed by atoms with Crippen molar-refractivity contribution in [3.8, 4) is 0 Å². The van der Waals surface area contributed by atoms with Gasteiger partial charge in [0.1, 0.15) is 0 Å². The van der Waals surface area contributed by atoms with Crippen LogP contribution in [0.25, 0.3) is 0 Å². The van der Waals surface area contributed by atoms with Gasteiger partial charge in [0.2, 0.25) is 0 Å². The summed E-state index contributed by atoms with van der Waals surface area (Å²) in [6.07, 6.45) is 2.56. The van der Waals surface area contributed by atoms with E-state index in [1.165, 1.54) is 24.3 Å². The molecular formula is C12H25NOS. The summed E-state index contributed by atoms with van der Waals surface area (Å²) in [5.41, 5.74) is 0. The number of hydrogen-bond donors (Lipinski definition) is 1. The highest BCUT2D eigenvalue weighted by Crippen LogP contribution is 2.30. The van der Waals surface area contributed by atoms with Crippen molar-refractivity contribution in [1.82, 2.24) is 5.32 Å². The summed E-state index contributed by atoms with van der Waals surface area (Å²) >= 11 is 2.11. The van der Waals surface area contributed by atoms with Gasteiger partial charge in [-0.15, -0.1) is 0 Å². The Morgan fingerprint density at radius 3 is 2.87 bits per heavy atom. The molecule has 0 aromatic heterocycles. The Hall–Kier alpha value is 0.270. The fourth-order valence-electron chi connectivity index (χ4n) is 2.39. The van der Waals surface area contributed by atoms with E-state index in [4.69, 9.17) is 4.74 Å². The van der Waals surface area contributed by atoms with Crippen LogP contribution in [0.3, 0.4) is 0 Å². The molecule has 15 heavy (non-hydrogen) atoms. The van der Waals surface area contributed by atoms with Gasteiger partial charge >= 0.3 is 0 Å². The third-order valence-corrected chi connectivity index (χ3v) is 4.49. The van der Waals surface area contributed by atoms with Crippen LogP contribution in [0.1, 0.15) is 26.7 Å². The average Bonchev–Trinajstić information content (AvgIpc) is 2.75. The van der Waals surface area contributed by atoms with E-state index in [0.717, 1.165) is 25.0 Å².